The molecule has 0 spiro atoms. The molecule has 1 saturated heterocycles. The number of nitrogens with zero attached hydrogens (tertiary/aromatic N) is 2. The van der Waals surface area contributed by atoms with Crippen LogP contribution in [0.3, 0.4) is 0 Å². The molecule has 5 rings (SSSR count). The third kappa shape index (κ3) is 6.69. The number of carbonyl (C=O) groups excluding carboxylic acids is 1. The molecule has 4 heteroatoms. The molecular weight excluding hydrogens is 454 g/mol. The van der Waals surface area contributed by atoms with Crippen LogP contribution in [-0.4, -0.2) is 41.6 Å². The van der Waals surface area contributed by atoms with Crippen molar-refractivity contribution in [1.29, 1.82) is 0 Å². The van der Waals surface area contributed by atoms with Gasteiger partial charge in [-0.05, 0) is 74.4 Å². The zero-order valence-electron chi connectivity index (χ0n) is 22.0. The number of amides is 1. The van der Waals surface area contributed by atoms with Crippen LogP contribution in [-0.2, 0) is 17.8 Å². The van der Waals surface area contributed by atoms with Gasteiger partial charge in [-0.15, -0.1) is 0 Å². The Balaban J connectivity index is 1.37. The Bertz CT molecular complexity index is 1290. The fraction of sp³-hybridized carbons (Fsp3) is 0.364. The van der Waals surface area contributed by atoms with E-state index in [0.29, 0.717) is 6.42 Å². The molecule has 4 nitrogen and oxygen atoms in total. The van der Waals surface area contributed by atoms with E-state index in [0.717, 1.165) is 45.6 Å². The van der Waals surface area contributed by atoms with Crippen molar-refractivity contribution in [2.45, 2.75) is 51.5 Å². The van der Waals surface area contributed by atoms with Crippen molar-refractivity contribution in [3.63, 3.8) is 0 Å². The second kappa shape index (κ2) is 12.2. The molecule has 2 heterocycles. The number of likely N-dealkylation sites (tertiary alicyclic amines) is 1. The molecule has 37 heavy (non-hydrogen) atoms. The van der Waals surface area contributed by atoms with Crippen LogP contribution in [0.5, 0.6) is 0 Å². The molecule has 0 unspecified atom stereocenters. The molecule has 1 aliphatic rings. The molecule has 192 valence electrons. The summed E-state index contributed by atoms with van der Waals surface area (Å²) in [7, 11) is 0. The van der Waals surface area contributed by atoms with E-state index < -0.39 is 0 Å². The standard InChI is InChI=1S/C33H39N3O/c1-26-13-15-28(16-14-26)24-36-25-31(30-11-5-6-12-32(30)36)29(18-17-27-9-3-2-4-10-27)23-33(37)34-19-22-35-20-7-8-21-35/h2-6,9-16,25,29H,7-8,17-24H2,1H3,(H,34,37)/t29-/m0/s1. The van der Waals surface area contributed by atoms with E-state index in [1.165, 1.54) is 46.0 Å². The lowest BCUT2D eigenvalue weighted by atomic mass is 9.89. The van der Waals surface area contributed by atoms with E-state index >= 15 is 0 Å². The van der Waals surface area contributed by atoms with Crippen molar-refractivity contribution in [3.8, 4) is 0 Å². The van der Waals surface area contributed by atoms with E-state index in [2.05, 4.69) is 107 Å². The van der Waals surface area contributed by atoms with Gasteiger partial charge in [-0.1, -0.05) is 78.4 Å². The highest BCUT2D eigenvalue weighted by Gasteiger charge is 2.21. The van der Waals surface area contributed by atoms with Crippen molar-refractivity contribution in [1.82, 2.24) is 14.8 Å². The van der Waals surface area contributed by atoms with Crippen molar-refractivity contribution in [3.05, 3.63) is 107 Å². The zero-order chi connectivity index (χ0) is 25.5. The van der Waals surface area contributed by atoms with Gasteiger partial charge in [0.1, 0.15) is 0 Å². The summed E-state index contributed by atoms with van der Waals surface area (Å²) in [5.41, 5.74) is 6.41. The highest BCUT2D eigenvalue weighted by molar-refractivity contribution is 5.86. The third-order valence-corrected chi connectivity index (χ3v) is 7.74. The quantitative estimate of drug-likeness (QED) is 0.266. The van der Waals surface area contributed by atoms with Gasteiger partial charge in [-0.3, -0.25) is 4.79 Å². The highest BCUT2D eigenvalue weighted by Crippen LogP contribution is 2.33. The average molecular weight is 494 g/mol. The first kappa shape index (κ1) is 25.3. The topological polar surface area (TPSA) is 37.3 Å². The van der Waals surface area contributed by atoms with Crippen LogP contribution in [0.4, 0.5) is 0 Å². The average Bonchev–Trinajstić information content (AvgIpc) is 3.57. The van der Waals surface area contributed by atoms with Crippen LogP contribution in [0.15, 0.2) is 85.1 Å². The molecule has 1 amide bonds. The van der Waals surface area contributed by atoms with Crippen molar-refractivity contribution in [2.24, 2.45) is 0 Å². The van der Waals surface area contributed by atoms with Crippen molar-refractivity contribution < 1.29 is 4.79 Å². The summed E-state index contributed by atoms with van der Waals surface area (Å²) < 4.78 is 2.36. The fourth-order valence-electron chi connectivity index (χ4n) is 5.63. The van der Waals surface area contributed by atoms with Gasteiger partial charge < -0.3 is 14.8 Å². The molecule has 1 aromatic heterocycles. The minimum absolute atomic E-state index is 0.160. The predicted octanol–water partition coefficient (Wildman–Crippen LogP) is 6.32. The summed E-state index contributed by atoms with van der Waals surface area (Å²) in [6, 6.07) is 28.1. The minimum atomic E-state index is 0.160. The maximum absolute atomic E-state index is 13.1. The molecule has 0 saturated carbocycles. The van der Waals surface area contributed by atoms with Crippen molar-refractivity contribution in [2.75, 3.05) is 26.2 Å². The lowest BCUT2D eigenvalue weighted by Gasteiger charge is -2.18. The molecule has 1 aliphatic heterocycles. The summed E-state index contributed by atoms with van der Waals surface area (Å²) in [5.74, 6) is 0.323. The monoisotopic (exact) mass is 493 g/mol. The molecule has 0 aliphatic carbocycles. The van der Waals surface area contributed by atoms with Gasteiger partial charge in [0.05, 0.1) is 0 Å². The molecule has 0 bridgehead atoms. The minimum Gasteiger partial charge on any atom is -0.355 e. The first-order valence-electron chi connectivity index (χ1n) is 13.8. The summed E-state index contributed by atoms with van der Waals surface area (Å²) in [6.45, 7) is 6.97. The molecule has 1 fully saturated rings. The largest absolute Gasteiger partial charge is 0.355 e. The molecule has 0 radical (unpaired) electrons. The fourth-order valence-corrected chi connectivity index (χ4v) is 5.63. The Morgan fingerprint density at radius 1 is 0.892 bits per heavy atom. The number of aryl methyl sites for hydroxylation is 2. The van der Waals surface area contributed by atoms with Gasteiger partial charge >= 0.3 is 0 Å². The van der Waals surface area contributed by atoms with Crippen LogP contribution in [0, 0.1) is 6.92 Å². The van der Waals surface area contributed by atoms with E-state index in [4.69, 9.17) is 0 Å². The van der Waals surface area contributed by atoms with Gasteiger partial charge in [0, 0.05) is 43.2 Å². The number of hydrogen-bond donors (Lipinski definition) is 1. The number of aromatic nitrogens is 1. The van der Waals surface area contributed by atoms with E-state index in [1.54, 1.807) is 0 Å². The highest BCUT2D eigenvalue weighted by atomic mass is 16.1. The molecule has 1 N–H and O–H groups in total. The van der Waals surface area contributed by atoms with Crippen molar-refractivity contribution >= 4 is 16.8 Å². The maximum atomic E-state index is 13.1. The van der Waals surface area contributed by atoms with E-state index in [1.807, 2.05) is 0 Å². The molecule has 1 atom stereocenters. The van der Waals surface area contributed by atoms with Gasteiger partial charge in [0.15, 0.2) is 0 Å². The number of rotatable bonds is 11. The number of carbonyl (C=O) groups is 1. The van der Waals surface area contributed by atoms with E-state index in [-0.39, 0.29) is 11.8 Å². The summed E-state index contributed by atoms with van der Waals surface area (Å²) in [6.07, 6.45) is 7.29. The summed E-state index contributed by atoms with van der Waals surface area (Å²) in [4.78, 5) is 15.6. The Labute approximate surface area is 221 Å². The normalized spacial score (nSPS) is 14.7. The molecular formula is C33H39N3O. The van der Waals surface area contributed by atoms with E-state index in [9.17, 15) is 4.79 Å². The Morgan fingerprint density at radius 3 is 2.41 bits per heavy atom. The molecule has 3 aromatic carbocycles. The van der Waals surface area contributed by atoms with Crippen LogP contribution in [0.2, 0.25) is 0 Å². The number of fused-ring (bicyclic) bond motifs is 1. The van der Waals surface area contributed by atoms with Gasteiger partial charge in [-0.25, -0.2) is 0 Å². The molecule has 4 aromatic rings. The lowest BCUT2D eigenvalue weighted by molar-refractivity contribution is -0.121. The Morgan fingerprint density at radius 2 is 1.62 bits per heavy atom. The van der Waals surface area contributed by atoms with Crippen LogP contribution >= 0.6 is 0 Å². The number of benzene rings is 3. The first-order chi connectivity index (χ1) is 18.2. The first-order valence-corrected chi connectivity index (χ1v) is 13.8. The van der Waals surface area contributed by atoms with Crippen LogP contribution < -0.4 is 5.32 Å². The summed E-state index contributed by atoms with van der Waals surface area (Å²) in [5, 5.41) is 4.48. The maximum Gasteiger partial charge on any atom is 0.220 e. The van der Waals surface area contributed by atoms with Crippen LogP contribution in [0.1, 0.15) is 53.9 Å². The smallest absolute Gasteiger partial charge is 0.220 e. The predicted molar refractivity (Wildman–Crippen MR) is 153 cm³/mol. The SMILES string of the molecule is Cc1ccc(Cn2cc([C@@H](CCc3ccccc3)CC(=O)NCCN3CCCC3)c3ccccc32)cc1. The van der Waals surface area contributed by atoms with Gasteiger partial charge in [0.2, 0.25) is 5.91 Å². The Hall–Kier alpha value is -3.37. The third-order valence-electron chi connectivity index (χ3n) is 7.74. The summed E-state index contributed by atoms with van der Waals surface area (Å²) >= 11 is 0. The van der Waals surface area contributed by atoms with Crippen LogP contribution in [0.25, 0.3) is 10.9 Å². The zero-order valence-corrected chi connectivity index (χ0v) is 22.0. The number of hydrogen-bond acceptors (Lipinski definition) is 2. The van der Waals surface area contributed by atoms with Gasteiger partial charge in [-0.2, -0.15) is 0 Å². The Kier molecular flexibility index (Phi) is 8.37. The second-order valence-electron chi connectivity index (χ2n) is 10.5. The second-order valence-corrected chi connectivity index (χ2v) is 10.5. The number of nitrogens with one attached hydrogen (secondary N) is 1. The van der Waals surface area contributed by atoms with Gasteiger partial charge in [0.25, 0.3) is 0 Å². The number of para-hydroxylation sites is 1. The lowest BCUT2D eigenvalue weighted by Crippen LogP contribution is -2.34.